The van der Waals surface area contributed by atoms with E-state index in [4.69, 9.17) is 9.15 Å². The number of ether oxygens (including phenoxy) is 1. The number of phenolic OH excluding ortho intramolecular Hbond substituents is 1. The van der Waals surface area contributed by atoms with Crippen LogP contribution in [0.1, 0.15) is 41.9 Å². The minimum atomic E-state index is -0.776. The van der Waals surface area contributed by atoms with Crippen LogP contribution in [0, 0.1) is 0 Å². The molecule has 1 aromatic heterocycles. The number of Topliss-reactive ketones (excluding diaryl/α,β-unsaturated/α-hetero) is 1. The fraction of sp³-hybridized carbons (Fsp3) is 0.250. The van der Waals surface area contributed by atoms with Crippen molar-refractivity contribution in [2.24, 2.45) is 0 Å². The second kappa shape index (κ2) is 8.18. The van der Waals surface area contributed by atoms with Crippen LogP contribution in [0.5, 0.6) is 11.5 Å². The molecule has 1 atom stereocenters. The monoisotopic (exact) mass is 421 g/mol. The van der Waals surface area contributed by atoms with Gasteiger partial charge in [-0.25, -0.2) is 0 Å². The Kier molecular flexibility index (Phi) is 5.42. The molecule has 7 nitrogen and oxygen atoms in total. The van der Waals surface area contributed by atoms with Gasteiger partial charge < -0.3 is 24.3 Å². The summed E-state index contributed by atoms with van der Waals surface area (Å²) in [5, 5.41) is 21.0. The number of rotatable bonds is 7. The third kappa shape index (κ3) is 3.52. The molecule has 2 heterocycles. The Balaban J connectivity index is 1.80. The molecule has 0 bridgehead atoms. The number of para-hydroxylation sites is 1. The predicted octanol–water partition coefficient (Wildman–Crippen LogP) is 4.53. The summed E-state index contributed by atoms with van der Waals surface area (Å²) in [6.45, 7) is 2.38. The number of carbonyl (C=O) groups is 2. The lowest BCUT2D eigenvalue weighted by Gasteiger charge is -2.26. The van der Waals surface area contributed by atoms with Crippen molar-refractivity contribution in [2.45, 2.75) is 25.8 Å². The molecule has 31 heavy (non-hydrogen) atoms. The van der Waals surface area contributed by atoms with Gasteiger partial charge in [0.15, 0.2) is 22.9 Å². The smallest absolute Gasteiger partial charge is 0.290 e. The van der Waals surface area contributed by atoms with Crippen LogP contribution in [0.3, 0.4) is 0 Å². The molecule has 0 saturated heterocycles. The Morgan fingerprint density at radius 1 is 1.16 bits per heavy atom. The quantitative estimate of drug-likeness (QED) is 0.544. The van der Waals surface area contributed by atoms with Gasteiger partial charge in [-0.1, -0.05) is 37.6 Å². The van der Waals surface area contributed by atoms with Gasteiger partial charge in [0.2, 0.25) is 5.78 Å². The van der Waals surface area contributed by atoms with Gasteiger partial charge in [-0.05, 0) is 36.2 Å². The summed E-state index contributed by atoms with van der Waals surface area (Å²) < 4.78 is 11.1. The number of hydrogen-bond donors (Lipinski definition) is 2. The molecule has 1 unspecified atom stereocenters. The SMILES string of the molecule is CCCCN1C(=O)C(O)=C(C(=O)c2cc3cccc(OC)c3o2)C1c1ccc(O)cc1. The lowest BCUT2D eigenvalue weighted by atomic mass is 9.95. The van der Waals surface area contributed by atoms with Crippen LogP contribution in [0.15, 0.2) is 64.3 Å². The first kappa shape index (κ1) is 20.5. The highest BCUT2D eigenvalue weighted by atomic mass is 16.5. The first-order chi connectivity index (χ1) is 15.0. The summed E-state index contributed by atoms with van der Waals surface area (Å²) in [6, 6.07) is 12.4. The van der Waals surface area contributed by atoms with Crippen molar-refractivity contribution in [1.29, 1.82) is 0 Å². The van der Waals surface area contributed by atoms with Gasteiger partial charge in [-0.2, -0.15) is 0 Å². The Morgan fingerprint density at radius 2 is 1.90 bits per heavy atom. The predicted molar refractivity (Wildman–Crippen MR) is 114 cm³/mol. The van der Waals surface area contributed by atoms with Crippen LogP contribution in [0.2, 0.25) is 0 Å². The molecule has 0 saturated carbocycles. The van der Waals surface area contributed by atoms with Crippen LogP contribution in [0.4, 0.5) is 0 Å². The number of carbonyl (C=O) groups excluding carboxylic acids is 2. The van der Waals surface area contributed by atoms with E-state index in [9.17, 15) is 19.8 Å². The van der Waals surface area contributed by atoms with Crippen molar-refractivity contribution >= 4 is 22.7 Å². The first-order valence-corrected chi connectivity index (χ1v) is 10.1. The van der Waals surface area contributed by atoms with Crippen molar-refractivity contribution in [3.8, 4) is 11.5 Å². The third-order valence-electron chi connectivity index (χ3n) is 5.46. The fourth-order valence-corrected chi connectivity index (χ4v) is 3.89. The van der Waals surface area contributed by atoms with E-state index in [1.807, 2.05) is 6.92 Å². The fourth-order valence-electron chi connectivity index (χ4n) is 3.89. The molecule has 0 fully saturated rings. The van der Waals surface area contributed by atoms with E-state index in [2.05, 4.69) is 0 Å². The van der Waals surface area contributed by atoms with E-state index in [1.165, 1.54) is 24.1 Å². The summed E-state index contributed by atoms with van der Waals surface area (Å²) in [4.78, 5) is 27.8. The number of aromatic hydroxyl groups is 1. The van der Waals surface area contributed by atoms with Gasteiger partial charge in [-0.3, -0.25) is 9.59 Å². The maximum absolute atomic E-state index is 13.5. The molecule has 4 rings (SSSR count). The van der Waals surface area contributed by atoms with Crippen LogP contribution in [-0.4, -0.2) is 40.5 Å². The number of aliphatic hydroxyl groups excluding tert-OH is 1. The van der Waals surface area contributed by atoms with Gasteiger partial charge in [0, 0.05) is 11.9 Å². The zero-order valence-corrected chi connectivity index (χ0v) is 17.3. The Bertz CT molecular complexity index is 1170. The normalized spacial score (nSPS) is 16.4. The molecular weight excluding hydrogens is 398 g/mol. The highest BCUT2D eigenvalue weighted by Gasteiger charge is 2.44. The maximum atomic E-state index is 13.5. The molecule has 1 amide bonds. The molecule has 2 aromatic carbocycles. The Hall–Kier alpha value is -3.74. The number of ketones is 1. The largest absolute Gasteiger partial charge is 0.508 e. The van der Waals surface area contributed by atoms with E-state index in [0.717, 1.165) is 12.8 Å². The minimum absolute atomic E-state index is 0.00923. The topological polar surface area (TPSA) is 100 Å². The average Bonchev–Trinajstić information content (AvgIpc) is 3.32. The maximum Gasteiger partial charge on any atom is 0.290 e. The number of amides is 1. The molecule has 3 aromatic rings. The van der Waals surface area contributed by atoms with E-state index >= 15 is 0 Å². The molecule has 0 aliphatic carbocycles. The number of furan rings is 1. The molecule has 0 spiro atoms. The van der Waals surface area contributed by atoms with Crippen molar-refractivity contribution in [3.63, 3.8) is 0 Å². The highest BCUT2D eigenvalue weighted by Crippen LogP contribution is 2.40. The second-order valence-corrected chi connectivity index (χ2v) is 7.43. The number of fused-ring (bicyclic) bond motifs is 1. The van der Waals surface area contributed by atoms with Crippen molar-refractivity contribution < 1.29 is 29.0 Å². The number of nitrogens with zero attached hydrogens (tertiary/aromatic N) is 1. The highest BCUT2D eigenvalue weighted by molar-refractivity contribution is 6.16. The van der Waals surface area contributed by atoms with Crippen molar-refractivity contribution in [3.05, 3.63) is 71.2 Å². The number of aliphatic hydroxyl groups is 1. The summed E-state index contributed by atoms with van der Waals surface area (Å²) in [6.07, 6.45) is 1.57. The molecule has 7 heteroatoms. The number of phenols is 1. The second-order valence-electron chi connectivity index (χ2n) is 7.43. The summed E-state index contributed by atoms with van der Waals surface area (Å²) in [5.41, 5.74) is 0.995. The van der Waals surface area contributed by atoms with E-state index in [1.54, 1.807) is 36.4 Å². The number of methoxy groups -OCH3 is 1. The van der Waals surface area contributed by atoms with Crippen LogP contribution >= 0.6 is 0 Å². The molecule has 1 aliphatic heterocycles. The minimum Gasteiger partial charge on any atom is -0.508 e. The third-order valence-corrected chi connectivity index (χ3v) is 5.46. The zero-order valence-electron chi connectivity index (χ0n) is 17.3. The summed E-state index contributed by atoms with van der Waals surface area (Å²) in [7, 11) is 1.51. The van der Waals surface area contributed by atoms with Crippen molar-refractivity contribution in [1.82, 2.24) is 4.90 Å². The molecule has 0 radical (unpaired) electrons. The average molecular weight is 421 g/mol. The molecular formula is C24H23NO6. The first-order valence-electron chi connectivity index (χ1n) is 10.1. The lowest BCUT2D eigenvalue weighted by Crippen LogP contribution is -2.32. The van der Waals surface area contributed by atoms with Gasteiger partial charge in [0.25, 0.3) is 5.91 Å². The van der Waals surface area contributed by atoms with Gasteiger partial charge in [0.05, 0.1) is 18.7 Å². The van der Waals surface area contributed by atoms with E-state index < -0.39 is 23.5 Å². The molecule has 2 N–H and O–H groups in total. The van der Waals surface area contributed by atoms with Crippen LogP contribution in [-0.2, 0) is 4.79 Å². The lowest BCUT2D eigenvalue weighted by molar-refractivity contribution is -0.129. The standard InChI is InChI=1S/C24H23NO6/c1-3-4-12-25-20(14-8-10-16(26)11-9-14)19(22(28)24(25)29)21(27)18-13-15-6-5-7-17(30-2)23(15)31-18/h5-11,13,20,26,28H,3-4,12H2,1-2H3. The summed E-state index contributed by atoms with van der Waals surface area (Å²) >= 11 is 0. The van der Waals surface area contributed by atoms with Gasteiger partial charge in [0.1, 0.15) is 5.75 Å². The number of hydrogen-bond acceptors (Lipinski definition) is 6. The van der Waals surface area contributed by atoms with Gasteiger partial charge >= 0.3 is 0 Å². The van der Waals surface area contributed by atoms with Crippen LogP contribution < -0.4 is 4.74 Å². The van der Waals surface area contributed by atoms with E-state index in [0.29, 0.717) is 28.8 Å². The van der Waals surface area contributed by atoms with Gasteiger partial charge in [-0.15, -0.1) is 0 Å². The molecule has 160 valence electrons. The Labute approximate surface area is 179 Å². The van der Waals surface area contributed by atoms with Crippen molar-refractivity contribution in [2.75, 3.05) is 13.7 Å². The number of unbranched alkanes of at least 4 members (excludes halogenated alkanes) is 1. The summed E-state index contributed by atoms with van der Waals surface area (Å²) in [5.74, 6) is -1.18. The Morgan fingerprint density at radius 3 is 2.58 bits per heavy atom. The number of benzene rings is 2. The van der Waals surface area contributed by atoms with Crippen LogP contribution in [0.25, 0.3) is 11.0 Å². The molecule has 1 aliphatic rings. The zero-order chi connectivity index (χ0) is 22.1. The van der Waals surface area contributed by atoms with E-state index in [-0.39, 0.29) is 17.1 Å².